The Morgan fingerprint density at radius 3 is 2.61 bits per heavy atom. The summed E-state index contributed by atoms with van der Waals surface area (Å²) in [7, 11) is 0. The molecule has 0 unspecified atom stereocenters. The van der Waals surface area contributed by atoms with Crippen LogP contribution in [0, 0.1) is 0 Å². The fraction of sp³-hybridized carbons (Fsp3) is 0.0370. The Balaban J connectivity index is 1.30. The van der Waals surface area contributed by atoms with Crippen LogP contribution in [0.25, 0.3) is 16.6 Å². The number of fused-ring (bicyclic) bond motifs is 1. The first kappa shape index (κ1) is 20.3. The summed E-state index contributed by atoms with van der Waals surface area (Å²) in [6.07, 6.45) is 7.29. The number of aromatic nitrogens is 2. The van der Waals surface area contributed by atoms with Gasteiger partial charge in [0.05, 0.1) is 17.5 Å². The van der Waals surface area contributed by atoms with E-state index in [1.54, 1.807) is 12.3 Å². The van der Waals surface area contributed by atoms with Gasteiger partial charge in [-0.25, -0.2) is 5.43 Å². The largest absolute Gasteiger partial charge is 0.489 e. The van der Waals surface area contributed by atoms with Gasteiger partial charge in [-0.15, -0.1) is 0 Å². The zero-order valence-corrected chi connectivity index (χ0v) is 17.8. The van der Waals surface area contributed by atoms with Crippen molar-refractivity contribution >= 4 is 23.0 Å². The number of hydrogen-bond donors (Lipinski definition) is 2. The van der Waals surface area contributed by atoms with Crippen LogP contribution in [0.2, 0.25) is 0 Å². The Morgan fingerprint density at radius 1 is 0.970 bits per heavy atom. The molecule has 0 atom stereocenters. The van der Waals surface area contributed by atoms with Gasteiger partial charge in [0.2, 0.25) is 0 Å². The number of H-pyrrole nitrogens is 1. The molecular formula is C27H22N4O2. The van der Waals surface area contributed by atoms with Crippen LogP contribution in [0.5, 0.6) is 5.75 Å². The van der Waals surface area contributed by atoms with Crippen molar-refractivity contribution in [3.05, 3.63) is 120 Å². The van der Waals surface area contributed by atoms with E-state index in [4.69, 9.17) is 4.74 Å². The molecule has 1 amide bonds. The predicted molar refractivity (Wildman–Crippen MR) is 130 cm³/mol. The monoisotopic (exact) mass is 434 g/mol. The van der Waals surface area contributed by atoms with Gasteiger partial charge >= 0.3 is 0 Å². The van der Waals surface area contributed by atoms with Crippen LogP contribution in [0.15, 0.2) is 109 Å². The van der Waals surface area contributed by atoms with Crippen molar-refractivity contribution in [3.63, 3.8) is 0 Å². The quantitative estimate of drug-likeness (QED) is 0.269. The minimum absolute atomic E-state index is 0.276. The molecule has 0 saturated heterocycles. The average Bonchev–Trinajstić information content (AvgIpc) is 3.54. The number of aromatic amines is 1. The first-order valence-electron chi connectivity index (χ1n) is 10.6. The Kier molecular flexibility index (Phi) is 5.72. The van der Waals surface area contributed by atoms with Crippen molar-refractivity contribution < 1.29 is 9.53 Å². The highest BCUT2D eigenvalue weighted by Crippen LogP contribution is 2.23. The molecule has 0 fully saturated rings. The first-order valence-corrected chi connectivity index (χ1v) is 10.6. The number of hydrazone groups is 1. The molecule has 6 heteroatoms. The second kappa shape index (κ2) is 9.28. The van der Waals surface area contributed by atoms with Gasteiger partial charge in [-0.05, 0) is 48.0 Å². The van der Waals surface area contributed by atoms with Crippen LogP contribution < -0.4 is 10.2 Å². The molecule has 0 aliphatic rings. The summed E-state index contributed by atoms with van der Waals surface area (Å²) in [6.45, 7) is 0.497. The molecule has 2 N–H and O–H groups in total. The Hall–Kier alpha value is -4.58. The maximum atomic E-state index is 12.8. The number of carbonyl (C=O) groups excluding carboxylic acids is 1. The van der Waals surface area contributed by atoms with Gasteiger partial charge in [-0.3, -0.25) is 4.79 Å². The van der Waals surface area contributed by atoms with Crippen LogP contribution in [0.3, 0.4) is 0 Å². The Morgan fingerprint density at radius 2 is 1.76 bits per heavy atom. The van der Waals surface area contributed by atoms with E-state index in [1.807, 2.05) is 102 Å². The molecule has 0 saturated carbocycles. The van der Waals surface area contributed by atoms with Crippen LogP contribution in [-0.4, -0.2) is 21.7 Å². The normalized spacial score (nSPS) is 11.2. The van der Waals surface area contributed by atoms with Gasteiger partial charge < -0.3 is 14.3 Å². The van der Waals surface area contributed by atoms with E-state index >= 15 is 0 Å². The third kappa shape index (κ3) is 4.55. The standard InChI is InChI=1S/C27H22N4O2/c32-27(23-10-4-5-11-26(23)31-14-6-7-15-31)30-29-18-21-17-28-25-13-12-22(16-24(21)25)33-19-20-8-2-1-3-9-20/h1-18,28H,19H2,(H,30,32)/b29-18-. The number of rotatable bonds is 7. The number of nitrogens with one attached hydrogen (secondary N) is 2. The molecule has 5 aromatic rings. The topological polar surface area (TPSA) is 71.4 Å². The van der Waals surface area contributed by atoms with Crippen molar-refractivity contribution in [1.29, 1.82) is 0 Å². The minimum atomic E-state index is -0.276. The van der Waals surface area contributed by atoms with Gasteiger partial charge in [-0.1, -0.05) is 42.5 Å². The lowest BCUT2D eigenvalue weighted by Gasteiger charge is -2.09. The van der Waals surface area contributed by atoms with Gasteiger partial charge in [-0.2, -0.15) is 5.10 Å². The van der Waals surface area contributed by atoms with E-state index in [2.05, 4.69) is 15.5 Å². The number of para-hydroxylation sites is 1. The molecule has 33 heavy (non-hydrogen) atoms. The molecule has 0 aliphatic carbocycles. The van der Waals surface area contributed by atoms with Gasteiger partial charge in [0.25, 0.3) is 5.91 Å². The van der Waals surface area contributed by atoms with Gasteiger partial charge in [0.1, 0.15) is 12.4 Å². The van der Waals surface area contributed by atoms with E-state index < -0.39 is 0 Å². The molecule has 162 valence electrons. The summed E-state index contributed by atoms with van der Waals surface area (Å²) in [5.41, 5.74) is 6.90. The highest BCUT2D eigenvalue weighted by molar-refractivity contribution is 6.01. The number of hydrogen-bond acceptors (Lipinski definition) is 3. The third-order valence-corrected chi connectivity index (χ3v) is 5.33. The number of benzene rings is 3. The van der Waals surface area contributed by atoms with Gasteiger partial charge in [0.15, 0.2) is 0 Å². The molecule has 2 heterocycles. The fourth-order valence-electron chi connectivity index (χ4n) is 3.67. The van der Waals surface area contributed by atoms with E-state index in [1.165, 1.54) is 0 Å². The van der Waals surface area contributed by atoms with Crippen LogP contribution in [0.1, 0.15) is 21.5 Å². The molecule has 0 spiro atoms. The summed E-state index contributed by atoms with van der Waals surface area (Å²) in [5.74, 6) is 0.493. The van der Waals surface area contributed by atoms with E-state index in [9.17, 15) is 4.79 Å². The van der Waals surface area contributed by atoms with Gasteiger partial charge in [0, 0.05) is 35.1 Å². The van der Waals surface area contributed by atoms with Crippen molar-refractivity contribution in [2.24, 2.45) is 5.10 Å². The highest BCUT2D eigenvalue weighted by Gasteiger charge is 2.11. The smallest absolute Gasteiger partial charge is 0.273 e. The zero-order valence-electron chi connectivity index (χ0n) is 17.8. The summed E-state index contributed by atoms with van der Waals surface area (Å²) in [4.78, 5) is 16.0. The maximum Gasteiger partial charge on any atom is 0.273 e. The molecule has 0 bridgehead atoms. The third-order valence-electron chi connectivity index (χ3n) is 5.33. The number of nitrogens with zero attached hydrogens (tertiary/aromatic N) is 2. The number of carbonyl (C=O) groups is 1. The van der Waals surface area contributed by atoms with Crippen molar-refractivity contribution in [2.75, 3.05) is 0 Å². The molecular weight excluding hydrogens is 412 g/mol. The maximum absolute atomic E-state index is 12.8. The van der Waals surface area contributed by atoms with Crippen molar-refractivity contribution in [3.8, 4) is 11.4 Å². The summed E-state index contributed by atoms with van der Waals surface area (Å²) >= 11 is 0. The second-order valence-electron chi connectivity index (χ2n) is 7.53. The van der Waals surface area contributed by atoms with Crippen LogP contribution >= 0.6 is 0 Å². The van der Waals surface area contributed by atoms with Crippen LogP contribution in [0.4, 0.5) is 0 Å². The van der Waals surface area contributed by atoms with E-state index in [0.29, 0.717) is 12.2 Å². The SMILES string of the molecule is O=C(N/N=C\c1c[nH]c2ccc(OCc3ccccc3)cc12)c1ccccc1-n1cccc1. The Bertz CT molecular complexity index is 1400. The van der Waals surface area contributed by atoms with E-state index in [0.717, 1.165) is 33.5 Å². The summed E-state index contributed by atoms with van der Waals surface area (Å²) in [6, 6.07) is 27.2. The molecule has 2 aromatic heterocycles. The zero-order chi connectivity index (χ0) is 22.5. The average molecular weight is 434 g/mol. The molecule has 6 nitrogen and oxygen atoms in total. The highest BCUT2D eigenvalue weighted by atomic mass is 16.5. The Labute approximate surface area is 191 Å². The summed E-state index contributed by atoms with van der Waals surface area (Å²) in [5, 5.41) is 5.16. The molecule has 5 rings (SSSR count). The second-order valence-corrected chi connectivity index (χ2v) is 7.53. The summed E-state index contributed by atoms with van der Waals surface area (Å²) < 4.78 is 7.84. The first-order chi connectivity index (χ1) is 16.3. The fourth-order valence-corrected chi connectivity index (χ4v) is 3.67. The van der Waals surface area contributed by atoms with Crippen molar-refractivity contribution in [1.82, 2.24) is 15.0 Å². The lowest BCUT2D eigenvalue weighted by atomic mass is 10.1. The van der Waals surface area contributed by atoms with Crippen LogP contribution in [-0.2, 0) is 6.61 Å². The lowest BCUT2D eigenvalue weighted by molar-refractivity contribution is 0.0955. The predicted octanol–water partition coefficient (Wildman–Crippen LogP) is 5.30. The van der Waals surface area contributed by atoms with Crippen molar-refractivity contribution in [2.45, 2.75) is 6.61 Å². The molecule has 0 radical (unpaired) electrons. The number of amides is 1. The minimum Gasteiger partial charge on any atom is -0.489 e. The lowest BCUT2D eigenvalue weighted by Crippen LogP contribution is -2.19. The molecule has 3 aromatic carbocycles. The number of ether oxygens (including phenoxy) is 1. The molecule has 0 aliphatic heterocycles. The van der Waals surface area contributed by atoms with E-state index in [-0.39, 0.29) is 5.91 Å².